The molecular weight excluding hydrogens is 360 g/mol. The number of benzene rings is 2. The number of aromatic amines is 1. The standard InChI is InChI=1S/C21H24N2O5/c1-12-8-14(9-13(2)19(12)28-7-6-25-3)20-22-16-10-15(26-4)11-17(27-5)18(16)21(24)23-20/h8-11H,6-7H2,1-5H3,(H,22,23,24). The van der Waals surface area contributed by atoms with Gasteiger partial charge in [-0.05, 0) is 37.1 Å². The van der Waals surface area contributed by atoms with Crippen molar-refractivity contribution in [2.24, 2.45) is 0 Å². The van der Waals surface area contributed by atoms with Gasteiger partial charge in [-0.3, -0.25) is 4.79 Å². The van der Waals surface area contributed by atoms with Crippen molar-refractivity contribution in [3.63, 3.8) is 0 Å². The zero-order valence-corrected chi connectivity index (χ0v) is 16.7. The van der Waals surface area contributed by atoms with E-state index in [4.69, 9.17) is 18.9 Å². The Morgan fingerprint density at radius 3 is 2.29 bits per heavy atom. The van der Waals surface area contributed by atoms with Gasteiger partial charge in [0.1, 0.15) is 35.1 Å². The molecule has 148 valence electrons. The number of rotatable bonds is 7. The molecule has 28 heavy (non-hydrogen) atoms. The van der Waals surface area contributed by atoms with Gasteiger partial charge < -0.3 is 23.9 Å². The Morgan fingerprint density at radius 2 is 1.68 bits per heavy atom. The number of ether oxygens (including phenoxy) is 4. The van der Waals surface area contributed by atoms with Gasteiger partial charge in [-0.25, -0.2) is 4.98 Å². The van der Waals surface area contributed by atoms with E-state index in [0.29, 0.717) is 41.4 Å². The minimum atomic E-state index is -0.268. The molecule has 3 rings (SSSR count). The van der Waals surface area contributed by atoms with Crippen LogP contribution in [-0.2, 0) is 4.74 Å². The van der Waals surface area contributed by atoms with Crippen molar-refractivity contribution in [3.05, 3.63) is 45.7 Å². The summed E-state index contributed by atoms with van der Waals surface area (Å²) >= 11 is 0. The van der Waals surface area contributed by atoms with Crippen LogP contribution >= 0.6 is 0 Å². The van der Waals surface area contributed by atoms with Crippen LogP contribution in [0.1, 0.15) is 11.1 Å². The number of methoxy groups -OCH3 is 3. The van der Waals surface area contributed by atoms with Crippen LogP contribution in [0.3, 0.4) is 0 Å². The van der Waals surface area contributed by atoms with E-state index in [-0.39, 0.29) is 5.56 Å². The molecular formula is C21H24N2O5. The minimum absolute atomic E-state index is 0.268. The van der Waals surface area contributed by atoms with Crippen LogP contribution in [0.5, 0.6) is 17.2 Å². The first-order valence-corrected chi connectivity index (χ1v) is 8.88. The first-order chi connectivity index (χ1) is 13.5. The van der Waals surface area contributed by atoms with Gasteiger partial charge in [0.25, 0.3) is 5.56 Å². The quantitative estimate of drug-likeness (QED) is 0.630. The number of nitrogens with zero attached hydrogens (tertiary/aromatic N) is 1. The van der Waals surface area contributed by atoms with Crippen molar-refractivity contribution in [2.45, 2.75) is 13.8 Å². The maximum atomic E-state index is 12.7. The number of nitrogens with one attached hydrogen (secondary N) is 1. The summed E-state index contributed by atoms with van der Waals surface area (Å²) in [6, 6.07) is 7.27. The highest BCUT2D eigenvalue weighted by molar-refractivity contribution is 5.87. The summed E-state index contributed by atoms with van der Waals surface area (Å²) < 4.78 is 21.5. The predicted octanol–water partition coefficient (Wildman–Crippen LogP) is 3.25. The molecule has 0 aliphatic rings. The summed E-state index contributed by atoms with van der Waals surface area (Å²) in [6.07, 6.45) is 0. The SMILES string of the molecule is COCCOc1c(C)cc(-c2nc3cc(OC)cc(OC)c3c(=O)[nH]2)cc1C. The maximum Gasteiger partial charge on any atom is 0.262 e. The van der Waals surface area contributed by atoms with Gasteiger partial charge in [0.05, 0.1) is 26.3 Å². The lowest BCUT2D eigenvalue weighted by Crippen LogP contribution is -2.11. The van der Waals surface area contributed by atoms with Gasteiger partial charge >= 0.3 is 0 Å². The van der Waals surface area contributed by atoms with E-state index in [1.807, 2.05) is 26.0 Å². The summed E-state index contributed by atoms with van der Waals surface area (Å²) in [5.74, 6) is 2.28. The van der Waals surface area contributed by atoms with E-state index in [2.05, 4.69) is 9.97 Å². The molecule has 0 saturated carbocycles. The van der Waals surface area contributed by atoms with E-state index in [1.54, 1.807) is 26.4 Å². The fourth-order valence-corrected chi connectivity index (χ4v) is 3.17. The number of fused-ring (bicyclic) bond motifs is 1. The zero-order valence-electron chi connectivity index (χ0n) is 16.7. The van der Waals surface area contributed by atoms with E-state index in [1.165, 1.54) is 7.11 Å². The molecule has 1 aromatic heterocycles. The second kappa shape index (κ2) is 8.31. The third kappa shape index (κ3) is 3.80. The smallest absolute Gasteiger partial charge is 0.262 e. The number of hydrogen-bond donors (Lipinski definition) is 1. The maximum absolute atomic E-state index is 12.7. The van der Waals surface area contributed by atoms with E-state index >= 15 is 0 Å². The highest BCUT2D eigenvalue weighted by Crippen LogP contribution is 2.31. The highest BCUT2D eigenvalue weighted by Gasteiger charge is 2.15. The molecule has 0 spiro atoms. The molecule has 0 radical (unpaired) electrons. The van der Waals surface area contributed by atoms with E-state index < -0.39 is 0 Å². The van der Waals surface area contributed by atoms with Crippen molar-refractivity contribution in [1.82, 2.24) is 9.97 Å². The average molecular weight is 384 g/mol. The molecule has 0 aliphatic heterocycles. The molecule has 0 amide bonds. The van der Waals surface area contributed by atoms with Crippen LogP contribution in [0.15, 0.2) is 29.1 Å². The van der Waals surface area contributed by atoms with Gasteiger partial charge in [0.15, 0.2) is 0 Å². The molecule has 0 bridgehead atoms. The summed E-state index contributed by atoms with van der Waals surface area (Å²) in [6.45, 7) is 4.92. The fourth-order valence-electron chi connectivity index (χ4n) is 3.17. The molecule has 3 aromatic rings. The molecule has 7 heteroatoms. The van der Waals surface area contributed by atoms with Crippen molar-refractivity contribution in [1.29, 1.82) is 0 Å². The third-order valence-electron chi connectivity index (χ3n) is 4.47. The van der Waals surface area contributed by atoms with E-state index in [0.717, 1.165) is 22.4 Å². The normalized spacial score (nSPS) is 10.9. The zero-order chi connectivity index (χ0) is 20.3. The Balaban J connectivity index is 2.10. The molecule has 0 unspecified atom stereocenters. The summed E-state index contributed by atoms with van der Waals surface area (Å²) in [5, 5.41) is 0.389. The Hall–Kier alpha value is -3.06. The lowest BCUT2D eigenvalue weighted by molar-refractivity contribution is 0.145. The van der Waals surface area contributed by atoms with Crippen LogP contribution < -0.4 is 19.8 Å². The van der Waals surface area contributed by atoms with Crippen molar-refractivity contribution < 1.29 is 18.9 Å². The fraction of sp³-hybridized carbons (Fsp3) is 0.333. The minimum Gasteiger partial charge on any atom is -0.497 e. The Bertz CT molecular complexity index is 1040. The number of H-pyrrole nitrogens is 1. The highest BCUT2D eigenvalue weighted by atomic mass is 16.5. The monoisotopic (exact) mass is 384 g/mol. The molecule has 2 aromatic carbocycles. The predicted molar refractivity (Wildman–Crippen MR) is 108 cm³/mol. The summed E-state index contributed by atoms with van der Waals surface area (Å²) in [7, 11) is 4.71. The summed E-state index contributed by atoms with van der Waals surface area (Å²) in [5.41, 5.74) is 2.95. The lowest BCUT2D eigenvalue weighted by Gasteiger charge is -2.14. The van der Waals surface area contributed by atoms with Gasteiger partial charge in [-0.1, -0.05) is 0 Å². The Labute approximate surface area is 163 Å². The van der Waals surface area contributed by atoms with Gasteiger partial charge in [0, 0.05) is 24.8 Å². The second-order valence-electron chi connectivity index (χ2n) is 6.42. The van der Waals surface area contributed by atoms with Crippen molar-refractivity contribution in [3.8, 4) is 28.6 Å². The van der Waals surface area contributed by atoms with Crippen LogP contribution in [0.2, 0.25) is 0 Å². The lowest BCUT2D eigenvalue weighted by atomic mass is 10.0. The summed E-state index contributed by atoms with van der Waals surface area (Å²) in [4.78, 5) is 20.2. The molecule has 1 heterocycles. The van der Waals surface area contributed by atoms with Gasteiger partial charge in [0.2, 0.25) is 0 Å². The van der Waals surface area contributed by atoms with Crippen LogP contribution in [0.4, 0.5) is 0 Å². The van der Waals surface area contributed by atoms with E-state index in [9.17, 15) is 4.79 Å². The Morgan fingerprint density at radius 1 is 0.964 bits per heavy atom. The first kappa shape index (κ1) is 19.7. The number of aryl methyl sites for hydroxylation is 2. The third-order valence-corrected chi connectivity index (χ3v) is 4.47. The molecule has 0 fully saturated rings. The number of aromatic nitrogens is 2. The molecule has 7 nitrogen and oxygen atoms in total. The van der Waals surface area contributed by atoms with Crippen LogP contribution in [-0.4, -0.2) is 44.5 Å². The van der Waals surface area contributed by atoms with Crippen molar-refractivity contribution >= 4 is 10.9 Å². The molecule has 0 saturated heterocycles. The number of hydrogen-bond acceptors (Lipinski definition) is 6. The van der Waals surface area contributed by atoms with Gasteiger partial charge in [-0.2, -0.15) is 0 Å². The topological polar surface area (TPSA) is 82.7 Å². The molecule has 0 aliphatic carbocycles. The second-order valence-corrected chi connectivity index (χ2v) is 6.42. The van der Waals surface area contributed by atoms with Crippen LogP contribution in [0.25, 0.3) is 22.3 Å². The molecule has 0 atom stereocenters. The first-order valence-electron chi connectivity index (χ1n) is 8.88. The largest absolute Gasteiger partial charge is 0.497 e. The average Bonchev–Trinajstić information content (AvgIpc) is 2.68. The van der Waals surface area contributed by atoms with Gasteiger partial charge in [-0.15, -0.1) is 0 Å². The van der Waals surface area contributed by atoms with Crippen LogP contribution in [0, 0.1) is 13.8 Å². The van der Waals surface area contributed by atoms with Crippen molar-refractivity contribution in [2.75, 3.05) is 34.5 Å². The Kier molecular flexibility index (Phi) is 5.84. The molecule has 1 N–H and O–H groups in total.